The van der Waals surface area contributed by atoms with Crippen LogP contribution in [0.25, 0.3) is 0 Å². The van der Waals surface area contributed by atoms with Crippen molar-refractivity contribution in [2.24, 2.45) is 0 Å². The van der Waals surface area contributed by atoms with Gasteiger partial charge in [-0.3, -0.25) is 5.41 Å². The first kappa shape index (κ1) is 3.34. The third kappa shape index (κ3) is 0.385. The van der Waals surface area contributed by atoms with E-state index in [0.717, 1.165) is 5.71 Å². The van der Waals surface area contributed by atoms with Crippen LogP contribution in [0.3, 0.4) is 0 Å². The van der Waals surface area contributed by atoms with Gasteiger partial charge in [-0.1, -0.05) is 12.2 Å². The van der Waals surface area contributed by atoms with Crippen molar-refractivity contribution in [1.29, 1.82) is 0 Å². The lowest BCUT2D eigenvalue weighted by atomic mass is 10.4. The zero-order chi connectivity index (χ0) is 4.41. The van der Waals surface area contributed by atoms with Crippen LogP contribution in [0.1, 0.15) is 0 Å². The molecule has 0 aromatic carbocycles. The normalized spacial score (nSPS) is 17.0. The molecule has 0 heterocycles. The molecule has 0 fully saturated rings. The van der Waals surface area contributed by atoms with Gasteiger partial charge in [0.1, 0.15) is 0 Å². The van der Waals surface area contributed by atoms with Crippen molar-refractivity contribution < 1.29 is 5.41 Å². The van der Waals surface area contributed by atoms with E-state index in [9.17, 15) is 0 Å². The van der Waals surface area contributed by atoms with Crippen LogP contribution in [0.15, 0.2) is 24.3 Å². The molecule has 0 bridgehead atoms. The lowest BCUT2D eigenvalue weighted by Gasteiger charge is -1.60. The maximum absolute atomic E-state index is 5.28. The maximum Gasteiger partial charge on any atom is 0.196 e. The summed E-state index contributed by atoms with van der Waals surface area (Å²) in [5.74, 6) is 0. The molecular weight excluding hydrogens is 74.1 g/mol. The SMILES string of the molecule is [NH2+]=C1C=CC=C1. The Labute approximate surface area is 36.5 Å². The lowest BCUT2D eigenvalue weighted by Crippen LogP contribution is -2.35. The van der Waals surface area contributed by atoms with Crippen LogP contribution in [0.4, 0.5) is 0 Å². The van der Waals surface area contributed by atoms with Crippen LogP contribution in [-0.2, 0) is 0 Å². The fraction of sp³-hybridized carbons (Fsp3) is 0. The summed E-state index contributed by atoms with van der Waals surface area (Å²) in [6.45, 7) is 0. The Hall–Kier alpha value is -0.850. The quantitative estimate of drug-likeness (QED) is 0.398. The summed E-state index contributed by atoms with van der Waals surface area (Å²) in [4.78, 5) is 0. The van der Waals surface area contributed by atoms with E-state index in [4.69, 9.17) is 5.41 Å². The Balaban J connectivity index is 2.86. The molecular formula is C5H6N+. The summed E-state index contributed by atoms with van der Waals surface area (Å²) < 4.78 is 0. The van der Waals surface area contributed by atoms with Gasteiger partial charge >= 0.3 is 0 Å². The third-order valence-electron chi connectivity index (χ3n) is 0.688. The minimum Gasteiger partial charge on any atom is -0.254 e. The summed E-state index contributed by atoms with van der Waals surface area (Å²) >= 11 is 0. The zero-order valence-electron chi connectivity index (χ0n) is 3.39. The molecule has 0 saturated carbocycles. The second kappa shape index (κ2) is 1.09. The fourth-order valence-electron chi connectivity index (χ4n) is 0.389. The predicted octanol–water partition coefficient (Wildman–Crippen LogP) is -0.688. The highest BCUT2D eigenvalue weighted by Crippen LogP contribution is 1.86. The van der Waals surface area contributed by atoms with Crippen LogP contribution in [-0.4, -0.2) is 5.71 Å². The van der Waals surface area contributed by atoms with Crippen LogP contribution in [0.2, 0.25) is 0 Å². The van der Waals surface area contributed by atoms with E-state index in [1.165, 1.54) is 0 Å². The number of hydrogen-bond donors (Lipinski definition) is 1. The first-order valence-corrected chi connectivity index (χ1v) is 1.87. The summed E-state index contributed by atoms with van der Waals surface area (Å²) in [6.07, 6.45) is 7.55. The van der Waals surface area contributed by atoms with E-state index in [-0.39, 0.29) is 0 Å². The highest BCUT2D eigenvalue weighted by Gasteiger charge is 1.90. The van der Waals surface area contributed by atoms with Crippen molar-refractivity contribution >= 4 is 5.71 Å². The second-order valence-electron chi connectivity index (χ2n) is 1.22. The van der Waals surface area contributed by atoms with Crippen molar-refractivity contribution in [2.75, 3.05) is 0 Å². The first-order valence-electron chi connectivity index (χ1n) is 1.87. The molecule has 1 rings (SSSR count). The topological polar surface area (TPSA) is 25.6 Å². The van der Waals surface area contributed by atoms with Crippen molar-refractivity contribution in [3.8, 4) is 0 Å². The molecule has 6 heavy (non-hydrogen) atoms. The molecule has 0 aliphatic heterocycles. The van der Waals surface area contributed by atoms with Crippen molar-refractivity contribution in [3.05, 3.63) is 24.3 Å². The van der Waals surface area contributed by atoms with Gasteiger partial charge in [0.05, 0.1) is 0 Å². The largest absolute Gasteiger partial charge is 0.254 e. The molecule has 1 nitrogen and oxygen atoms in total. The van der Waals surface area contributed by atoms with Crippen LogP contribution < -0.4 is 5.41 Å². The molecule has 1 aliphatic rings. The summed E-state index contributed by atoms with van der Waals surface area (Å²) in [5, 5.41) is 5.28. The van der Waals surface area contributed by atoms with Crippen LogP contribution in [0.5, 0.6) is 0 Å². The van der Waals surface area contributed by atoms with Crippen molar-refractivity contribution in [2.45, 2.75) is 0 Å². The Kier molecular flexibility index (Phi) is 0.607. The Morgan fingerprint density at radius 2 is 1.67 bits per heavy atom. The fourth-order valence-corrected chi connectivity index (χ4v) is 0.389. The third-order valence-corrected chi connectivity index (χ3v) is 0.688. The number of hydrogen-bond acceptors (Lipinski definition) is 0. The van der Waals surface area contributed by atoms with Gasteiger partial charge in [-0.2, -0.15) is 0 Å². The molecule has 0 radical (unpaired) electrons. The van der Waals surface area contributed by atoms with Crippen LogP contribution in [0, 0.1) is 0 Å². The molecule has 0 spiro atoms. The standard InChI is InChI=1S/C5H5N/c6-5-3-1-2-4-5/h1-4,6H/p+1. The monoisotopic (exact) mass is 80.0 g/mol. The average molecular weight is 80.1 g/mol. The van der Waals surface area contributed by atoms with Gasteiger partial charge in [0, 0.05) is 12.2 Å². The van der Waals surface area contributed by atoms with Crippen molar-refractivity contribution in [3.63, 3.8) is 0 Å². The van der Waals surface area contributed by atoms with E-state index < -0.39 is 0 Å². The molecule has 0 unspecified atom stereocenters. The molecule has 0 atom stereocenters. The van der Waals surface area contributed by atoms with E-state index >= 15 is 0 Å². The van der Waals surface area contributed by atoms with Gasteiger partial charge in [0.25, 0.3) is 0 Å². The van der Waals surface area contributed by atoms with Crippen LogP contribution >= 0.6 is 0 Å². The zero-order valence-corrected chi connectivity index (χ0v) is 3.39. The molecule has 0 aromatic heterocycles. The smallest absolute Gasteiger partial charge is 0.196 e. The van der Waals surface area contributed by atoms with E-state index in [0.29, 0.717) is 0 Å². The molecule has 2 N–H and O–H groups in total. The van der Waals surface area contributed by atoms with Gasteiger partial charge in [-0.25, -0.2) is 0 Å². The highest BCUT2D eigenvalue weighted by atomic mass is 14.4. The van der Waals surface area contributed by atoms with Gasteiger partial charge in [0.2, 0.25) is 0 Å². The Morgan fingerprint density at radius 1 is 1.17 bits per heavy atom. The molecule has 1 heteroatoms. The summed E-state index contributed by atoms with van der Waals surface area (Å²) in [7, 11) is 0. The minimum absolute atomic E-state index is 0.843. The Bertz CT molecular complexity index is 106. The van der Waals surface area contributed by atoms with E-state index in [1.807, 2.05) is 24.3 Å². The first-order chi connectivity index (χ1) is 2.89. The minimum atomic E-state index is 0.843. The summed E-state index contributed by atoms with van der Waals surface area (Å²) in [6, 6.07) is 0. The predicted molar refractivity (Wildman–Crippen MR) is 25.2 cm³/mol. The molecule has 0 amide bonds. The molecule has 0 aromatic rings. The van der Waals surface area contributed by atoms with Crippen molar-refractivity contribution in [1.82, 2.24) is 0 Å². The van der Waals surface area contributed by atoms with E-state index in [1.54, 1.807) is 0 Å². The number of nitrogens with two attached hydrogens (primary N) is 1. The second-order valence-corrected chi connectivity index (χ2v) is 1.22. The van der Waals surface area contributed by atoms with Gasteiger partial charge < -0.3 is 0 Å². The number of rotatable bonds is 0. The molecule has 30 valence electrons. The maximum atomic E-state index is 5.28. The Morgan fingerprint density at radius 3 is 1.83 bits per heavy atom. The average Bonchev–Trinajstić information content (AvgIpc) is 1.86. The van der Waals surface area contributed by atoms with Gasteiger partial charge in [-0.05, 0) is 0 Å². The van der Waals surface area contributed by atoms with Gasteiger partial charge in [-0.15, -0.1) is 0 Å². The highest BCUT2D eigenvalue weighted by molar-refractivity contribution is 6.01. The summed E-state index contributed by atoms with van der Waals surface area (Å²) in [5.41, 5.74) is 0.843. The van der Waals surface area contributed by atoms with Gasteiger partial charge in [0.15, 0.2) is 5.71 Å². The lowest BCUT2D eigenvalue weighted by molar-refractivity contribution is -0.110. The number of allylic oxidation sites excluding steroid dienone is 4. The molecule has 0 saturated heterocycles. The van der Waals surface area contributed by atoms with E-state index in [2.05, 4.69) is 0 Å². The molecule has 1 aliphatic carbocycles.